The van der Waals surface area contributed by atoms with E-state index in [9.17, 15) is 0 Å². The fraction of sp³-hybridized carbons (Fsp3) is 0.154. The summed E-state index contributed by atoms with van der Waals surface area (Å²) in [6.45, 7) is 2.01. The molecule has 0 aliphatic heterocycles. The Labute approximate surface area is 106 Å². The van der Waals surface area contributed by atoms with Crippen molar-refractivity contribution in [3.63, 3.8) is 0 Å². The van der Waals surface area contributed by atoms with Crippen LogP contribution in [0.25, 0.3) is 0 Å². The van der Waals surface area contributed by atoms with Crippen molar-refractivity contribution < 1.29 is 0 Å². The van der Waals surface area contributed by atoms with Crippen LogP contribution in [0.1, 0.15) is 5.56 Å². The zero-order valence-electron chi connectivity index (χ0n) is 9.79. The molecule has 2 aromatic rings. The molecule has 1 aromatic heterocycles. The summed E-state index contributed by atoms with van der Waals surface area (Å²) >= 11 is 6.15. The van der Waals surface area contributed by atoms with Gasteiger partial charge in [0, 0.05) is 7.05 Å². The molecule has 0 saturated carbocycles. The van der Waals surface area contributed by atoms with Crippen LogP contribution in [-0.4, -0.2) is 12.0 Å². The molecule has 1 aromatic carbocycles. The van der Waals surface area contributed by atoms with Gasteiger partial charge in [0.1, 0.15) is 11.6 Å². The average Bonchev–Trinajstić information content (AvgIpc) is 2.33. The van der Waals surface area contributed by atoms with Crippen molar-refractivity contribution in [1.29, 1.82) is 0 Å². The molecule has 2 rings (SSSR count). The van der Waals surface area contributed by atoms with Gasteiger partial charge in [0.15, 0.2) is 0 Å². The summed E-state index contributed by atoms with van der Waals surface area (Å²) in [7, 11) is 1.84. The maximum Gasteiger partial charge on any atom is 0.132 e. The summed E-state index contributed by atoms with van der Waals surface area (Å²) in [6.07, 6.45) is 0. The molecule has 2 N–H and O–H groups in total. The normalized spacial score (nSPS) is 10.1. The highest BCUT2D eigenvalue weighted by Crippen LogP contribution is 2.25. The number of pyridine rings is 1. The van der Waals surface area contributed by atoms with Gasteiger partial charge in [0.05, 0.1) is 10.7 Å². The first-order valence-electron chi connectivity index (χ1n) is 5.37. The molecule has 4 heteroatoms. The monoisotopic (exact) mass is 247 g/mol. The minimum atomic E-state index is 0.696. The number of nitrogens with one attached hydrogen (secondary N) is 2. The van der Waals surface area contributed by atoms with Gasteiger partial charge >= 0.3 is 0 Å². The summed E-state index contributed by atoms with van der Waals surface area (Å²) in [5.41, 5.74) is 2.00. The number of hydrogen-bond acceptors (Lipinski definition) is 3. The van der Waals surface area contributed by atoms with Crippen molar-refractivity contribution in [3.8, 4) is 0 Å². The second kappa shape index (κ2) is 5.06. The molecule has 0 saturated heterocycles. The van der Waals surface area contributed by atoms with E-state index < -0.39 is 0 Å². The third kappa shape index (κ3) is 2.88. The van der Waals surface area contributed by atoms with E-state index in [1.54, 1.807) is 0 Å². The van der Waals surface area contributed by atoms with Gasteiger partial charge in [-0.1, -0.05) is 23.7 Å². The summed E-state index contributed by atoms with van der Waals surface area (Å²) in [5.74, 6) is 1.58. The molecule has 1 heterocycles. The van der Waals surface area contributed by atoms with E-state index in [4.69, 9.17) is 11.6 Å². The predicted molar refractivity (Wildman–Crippen MR) is 73.3 cm³/mol. The maximum absolute atomic E-state index is 6.15. The van der Waals surface area contributed by atoms with E-state index in [2.05, 4.69) is 15.6 Å². The first-order chi connectivity index (χ1) is 8.19. The van der Waals surface area contributed by atoms with Gasteiger partial charge in [0.2, 0.25) is 0 Å². The Kier molecular flexibility index (Phi) is 3.49. The lowest BCUT2D eigenvalue weighted by Crippen LogP contribution is -1.97. The fourth-order valence-electron chi connectivity index (χ4n) is 1.50. The van der Waals surface area contributed by atoms with Crippen molar-refractivity contribution in [3.05, 3.63) is 47.0 Å². The molecule has 3 nitrogen and oxygen atoms in total. The van der Waals surface area contributed by atoms with E-state index in [0.29, 0.717) is 5.02 Å². The SMILES string of the molecule is CNc1cccc(Nc2ccc(C)cc2Cl)n1. The topological polar surface area (TPSA) is 37.0 Å². The van der Waals surface area contributed by atoms with Gasteiger partial charge in [-0.05, 0) is 36.8 Å². The number of rotatable bonds is 3. The minimum Gasteiger partial charge on any atom is -0.373 e. The quantitative estimate of drug-likeness (QED) is 0.866. The largest absolute Gasteiger partial charge is 0.373 e. The fourth-order valence-corrected chi connectivity index (χ4v) is 1.79. The van der Waals surface area contributed by atoms with Crippen LogP contribution >= 0.6 is 11.6 Å². The highest BCUT2D eigenvalue weighted by molar-refractivity contribution is 6.33. The zero-order chi connectivity index (χ0) is 12.3. The molecule has 88 valence electrons. The van der Waals surface area contributed by atoms with Crippen LogP contribution < -0.4 is 10.6 Å². The van der Waals surface area contributed by atoms with E-state index >= 15 is 0 Å². The van der Waals surface area contributed by atoms with Crippen LogP contribution in [0, 0.1) is 6.92 Å². The van der Waals surface area contributed by atoms with Crippen LogP contribution in [-0.2, 0) is 0 Å². The minimum absolute atomic E-state index is 0.696. The van der Waals surface area contributed by atoms with Gasteiger partial charge in [-0.25, -0.2) is 4.98 Å². The molecule has 17 heavy (non-hydrogen) atoms. The van der Waals surface area contributed by atoms with Gasteiger partial charge in [-0.3, -0.25) is 0 Å². The Morgan fingerprint density at radius 3 is 2.59 bits per heavy atom. The molecule has 0 aliphatic carbocycles. The Morgan fingerprint density at radius 2 is 1.88 bits per heavy atom. The van der Waals surface area contributed by atoms with Gasteiger partial charge in [-0.15, -0.1) is 0 Å². The van der Waals surface area contributed by atoms with Crippen LogP contribution in [0.5, 0.6) is 0 Å². The van der Waals surface area contributed by atoms with Crippen molar-refractivity contribution >= 4 is 28.9 Å². The van der Waals surface area contributed by atoms with Crippen molar-refractivity contribution in [1.82, 2.24) is 4.98 Å². The third-order valence-corrected chi connectivity index (χ3v) is 2.71. The Morgan fingerprint density at radius 1 is 1.12 bits per heavy atom. The molecular weight excluding hydrogens is 234 g/mol. The van der Waals surface area contributed by atoms with Gasteiger partial charge in [0.25, 0.3) is 0 Å². The molecule has 0 aliphatic rings. The molecule has 0 amide bonds. The second-order valence-corrected chi connectivity index (χ2v) is 4.17. The smallest absolute Gasteiger partial charge is 0.132 e. The lowest BCUT2D eigenvalue weighted by Gasteiger charge is -2.09. The molecular formula is C13H14ClN3. The lowest BCUT2D eigenvalue weighted by atomic mass is 10.2. The third-order valence-electron chi connectivity index (χ3n) is 2.39. The van der Waals surface area contributed by atoms with Crippen LogP contribution in [0.3, 0.4) is 0 Å². The predicted octanol–water partition coefficient (Wildman–Crippen LogP) is 3.83. The highest BCUT2D eigenvalue weighted by Gasteiger charge is 2.02. The van der Waals surface area contributed by atoms with Gasteiger partial charge in [-0.2, -0.15) is 0 Å². The number of benzene rings is 1. The first-order valence-corrected chi connectivity index (χ1v) is 5.75. The second-order valence-electron chi connectivity index (χ2n) is 3.77. The maximum atomic E-state index is 6.15. The summed E-state index contributed by atoms with van der Waals surface area (Å²) in [6, 6.07) is 11.6. The van der Waals surface area contributed by atoms with Gasteiger partial charge < -0.3 is 10.6 Å². The summed E-state index contributed by atoms with van der Waals surface area (Å²) < 4.78 is 0. The lowest BCUT2D eigenvalue weighted by molar-refractivity contribution is 1.27. The molecule has 0 bridgehead atoms. The molecule has 0 atom stereocenters. The van der Waals surface area contributed by atoms with Crippen LogP contribution in [0.4, 0.5) is 17.3 Å². The molecule has 0 fully saturated rings. The molecule has 0 radical (unpaired) electrons. The zero-order valence-corrected chi connectivity index (χ0v) is 10.5. The number of aromatic nitrogens is 1. The van der Waals surface area contributed by atoms with E-state index in [1.807, 2.05) is 50.4 Å². The molecule has 0 unspecified atom stereocenters. The Hall–Kier alpha value is -1.74. The van der Waals surface area contributed by atoms with E-state index in [0.717, 1.165) is 22.9 Å². The number of hydrogen-bond donors (Lipinski definition) is 2. The summed E-state index contributed by atoms with van der Waals surface area (Å²) in [4.78, 5) is 4.37. The van der Waals surface area contributed by atoms with Crippen LogP contribution in [0.2, 0.25) is 5.02 Å². The van der Waals surface area contributed by atoms with Crippen LogP contribution in [0.15, 0.2) is 36.4 Å². The first kappa shape index (κ1) is 11.7. The number of nitrogens with zero attached hydrogens (tertiary/aromatic N) is 1. The number of halogens is 1. The van der Waals surface area contributed by atoms with Crippen molar-refractivity contribution in [2.24, 2.45) is 0 Å². The van der Waals surface area contributed by atoms with E-state index in [1.165, 1.54) is 0 Å². The number of aryl methyl sites for hydroxylation is 1. The van der Waals surface area contributed by atoms with Crippen molar-refractivity contribution in [2.45, 2.75) is 6.92 Å². The summed E-state index contributed by atoms with van der Waals surface area (Å²) in [5, 5.41) is 6.88. The van der Waals surface area contributed by atoms with Crippen molar-refractivity contribution in [2.75, 3.05) is 17.7 Å². The average molecular weight is 248 g/mol. The van der Waals surface area contributed by atoms with E-state index in [-0.39, 0.29) is 0 Å². The molecule has 0 spiro atoms. The number of anilines is 3. The highest BCUT2D eigenvalue weighted by atomic mass is 35.5. The Bertz CT molecular complexity index is 526. The standard InChI is InChI=1S/C13H14ClN3/c1-9-6-7-11(10(14)8-9)16-13-5-3-4-12(15-2)17-13/h3-8H,1-2H3,(H2,15,16,17). The Balaban J connectivity index is 2.25.